The number of rotatable bonds is 2. The minimum atomic E-state index is 0.232. The van der Waals surface area contributed by atoms with Crippen LogP contribution in [0.5, 0.6) is 0 Å². The lowest BCUT2D eigenvalue weighted by Gasteiger charge is -1.89. The molecule has 0 fully saturated rings. The van der Waals surface area contributed by atoms with E-state index in [1.807, 2.05) is 30.3 Å². The van der Waals surface area contributed by atoms with Crippen molar-refractivity contribution in [3.63, 3.8) is 0 Å². The van der Waals surface area contributed by atoms with Crippen LogP contribution in [-0.4, -0.2) is 6.54 Å². The first-order valence-corrected chi connectivity index (χ1v) is 4.46. The van der Waals surface area contributed by atoms with Crippen LogP contribution in [-0.2, 0) is 0 Å². The Labute approximate surface area is 80.8 Å². The van der Waals surface area contributed by atoms with Crippen molar-refractivity contribution < 1.29 is 0 Å². The van der Waals surface area contributed by atoms with E-state index in [-0.39, 0.29) is 6.54 Å². The van der Waals surface area contributed by atoms with E-state index >= 15 is 0 Å². The predicted octanol–water partition coefficient (Wildman–Crippen LogP) is 3.05. The van der Waals surface area contributed by atoms with Gasteiger partial charge < -0.3 is 0 Å². The maximum Gasteiger partial charge on any atom is 0.0885 e. The van der Waals surface area contributed by atoms with Crippen molar-refractivity contribution in [2.45, 2.75) is 4.90 Å². The Morgan fingerprint density at radius 2 is 2.15 bits per heavy atom. The summed E-state index contributed by atoms with van der Waals surface area (Å²) >= 11 is 1.43. The fourth-order valence-electron chi connectivity index (χ4n) is 0.683. The highest BCUT2D eigenvalue weighted by molar-refractivity contribution is 8.03. The highest BCUT2D eigenvalue weighted by atomic mass is 32.2. The largest absolute Gasteiger partial charge is 0.0885 e. The fourth-order valence-corrected chi connectivity index (χ4v) is 1.23. The smallest absolute Gasteiger partial charge is 0.0849 e. The molecule has 0 aliphatic heterocycles. The molecular weight excluding hydrogens is 182 g/mol. The van der Waals surface area contributed by atoms with E-state index in [1.165, 1.54) is 11.8 Å². The minimum Gasteiger partial charge on any atom is -0.0849 e. The Morgan fingerprint density at radius 3 is 2.85 bits per heavy atom. The number of hydrogen-bond donors (Lipinski definition) is 0. The molecule has 1 aromatic carbocycles. The number of benzene rings is 1. The molecule has 0 heterocycles. The van der Waals surface area contributed by atoms with Gasteiger partial charge in [0.15, 0.2) is 0 Å². The molecule has 0 saturated heterocycles. The third-order valence-electron chi connectivity index (χ3n) is 1.20. The molecule has 0 amide bonds. The molecule has 13 heavy (non-hydrogen) atoms. The molecule has 64 valence electrons. The normalized spacial score (nSPS) is 8.00. The third-order valence-corrected chi connectivity index (χ3v) is 1.95. The van der Waals surface area contributed by atoms with Crippen molar-refractivity contribution >= 4 is 11.8 Å². The topological polar surface area (TPSA) is 48.8 Å². The molecule has 0 aliphatic carbocycles. The van der Waals surface area contributed by atoms with Crippen molar-refractivity contribution in [3.8, 4) is 11.2 Å². The second kappa shape index (κ2) is 6.01. The van der Waals surface area contributed by atoms with E-state index < -0.39 is 0 Å². The van der Waals surface area contributed by atoms with Crippen LogP contribution in [0.3, 0.4) is 0 Å². The molecule has 0 aromatic heterocycles. The highest BCUT2D eigenvalue weighted by Gasteiger charge is 1.84. The van der Waals surface area contributed by atoms with Crippen molar-refractivity contribution in [1.82, 2.24) is 0 Å². The first-order chi connectivity index (χ1) is 6.43. The number of hydrogen-bond acceptors (Lipinski definition) is 2. The van der Waals surface area contributed by atoms with E-state index in [0.29, 0.717) is 0 Å². The lowest BCUT2D eigenvalue weighted by Crippen LogP contribution is -1.67. The first kappa shape index (κ1) is 9.53. The molecule has 3 nitrogen and oxygen atoms in total. The van der Waals surface area contributed by atoms with Crippen LogP contribution >= 0.6 is 11.8 Å². The summed E-state index contributed by atoms with van der Waals surface area (Å²) in [5.74, 6) is 2.73. The summed E-state index contributed by atoms with van der Waals surface area (Å²) in [6, 6.07) is 9.83. The zero-order valence-corrected chi connectivity index (χ0v) is 7.66. The summed E-state index contributed by atoms with van der Waals surface area (Å²) in [6.45, 7) is 0.232. The SMILES string of the molecule is [N-]=[N+]=NCC#CSc1ccccc1. The minimum absolute atomic E-state index is 0.232. The first-order valence-electron chi connectivity index (χ1n) is 3.64. The van der Waals surface area contributed by atoms with Gasteiger partial charge in [0.2, 0.25) is 0 Å². The van der Waals surface area contributed by atoms with Crippen molar-refractivity contribution in [1.29, 1.82) is 0 Å². The summed E-state index contributed by atoms with van der Waals surface area (Å²) in [5.41, 5.74) is 7.97. The van der Waals surface area contributed by atoms with Crippen molar-refractivity contribution in [3.05, 3.63) is 40.8 Å². The Morgan fingerprint density at radius 1 is 1.38 bits per heavy atom. The monoisotopic (exact) mass is 189 g/mol. The van der Waals surface area contributed by atoms with Crippen LogP contribution in [0.2, 0.25) is 0 Å². The molecule has 0 atom stereocenters. The molecule has 0 radical (unpaired) electrons. The average molecular weight is 189 g/mol. The van der Waals surface area contributed by atoms with Crippen LogP contribution in [0.25, 0.3) is 10.4 Å². The number of thioether (sulfide) groups is 1. The summed E-state index contributed by atoms with van der Waals surface area (Å²) in [5, 5.41) is 6.13. The van der Waals surface area contributed by atoms with Crippen LogP contribution in [0.1, 0.15) is 0 Å². The molecule has 0 bridgehead atoms. The van der Waals surface area contributed by atoms with Gasteiger partial charge in [-0.3, -0.25) is 0 Å². The van der Waals surface area contributed by atoms with E-state index in [4.69, 9.17) is 5.53 Å². The second-order valence-corrected chi connectivity index (χ2v) is 2.96. The zero-order valence-electron chi connectivity index (χ0n) is 6.84. The molecule has 4 heteroatoms. The van der Waals surface area contributed by atoms with Gasteiger partial charge in [0, 0.05) is 9.81 Å². The number of nitrogens with zero attached hydrogens (tertiary/aromatic N) is 3. The Hall–Kier alpha value is -1.56. The van der Waals surface area contributed by atoms with Crippen LogP contribution in [0, 0.1) is 11.2 Å². The van der Waals surface area contributed by atoms with E-state index in [2.05, 4.69) is 21.2 Å². The molecule has 0 spiro atoms. The Balaban J connectivity index is 2.41. The standard InChI is InChI=1S/C9H7N3S/c10-12-11-7-4-8-13-9-5-2-1-3-6-9/h1-3,5-6H,7H2. The van der Waals surface area contributed by atoms with Gasteiger partial charge in [-0.2, -0.15) is 0 Å². The predicted molar refractivity (Wildman–Crippen MR) is 54.1 cm³/mol. The van der Waals surface area contributed by atoms with Gasteiger partial charge in [-0.1, -0.05) is 29.2 Å². The van der Waals surface area contributed by atoms with Crippen LogP contribution in [0.4, 0.5) is 0 Å². The zero-order chi connectivity index (χ0) is 9.36. The van der Waals surface area contributed by atoms with Gasteiger partial charge in [-0.15, -0.1) is 0 Å². The molecule has 0 unspecified atom stereocenters. The Kier molecular flexibility index (Phi) is 4.41. The van der Waals surface area contributed by atoms with Gasteiger partial charge in [-0.05, 0) is 34.7 Å². The van der Waals surface area contributed by atoms with Crippen molar-refractivity contribution in [2.75, 3.05) is 6.54 Å². The number of azide groups is 1. The Bertz CT molecular complexity index is 357. The molecule has 1 rings (SSSR count). The molecule has 0 aliphatic rings. The molecule has 1 aromatic rings. The van der Waals surface area contributed by atoms with E-state index in [1.54, 1.807) is 0 Å². The van der Waals surface area contributed by atoms with Crippen LogP contribution < -0.4 is 0 Å². The molecule has 0 N–H and O–H groups in total. The van der Waals surface area contributed by atoms with E-state index in [0.717, 1.165) is 4.90 Å². The summed E-state index contributed by atoms with van der Waals surface area (Å²) < 4.78 is 0. The third kappa shape index (κ3) is 4.12. The summed E-state index contributed by atoms with van der Waals surface area (Å²) in [6.07, 6.45) is 0. The quantitative estimate of drug-likeness (QED) is 0.232. The van der Waals surface area contributed by atoms with Gasteiger partial charge in [0.1, 0.15) is 0 Å². The van der Waals surface area contributed by atoms with Gasteiger partial charge >= 0.3 is 0 Å². The maximum atomic E-state index is 7.97. The van der Waals surface area contributed by atoms with Gasteiger partial charge in [0.25, 0.3) is 0 Å². The van der Waals surface area contributed by atoms with E-state index in [9.17, 15) is 0 Å². The summed E-state index contributed by atoms with van der Waals surface area (Å²) in [7, 11) is 0. The second-order valence-electron chi connectivity index (χ2n) is 2.08. The molecule has 0 saturated carbocycles. The maximum absolute atomic E-state index is 7.97. The average Bonchev–Trinajstić information content (AvgIpc) is 2.19. The van der Waals surface area contributed by atoms with Crippen LogP contribution in [0.15, 0.2) is 40.3 Å². The van der Waals surface area contributed by atoms with Gasteiger partial charge in [0.05, 0.1) is 6.54 Å². The lowest BCUT2D eigenvalue weighted by molar-refractivity contribution is 1.25. The summed E-state index contributed by atoms with van der Waals surface area (Å²) in [4.78, 5) is 3.69. The van der Waals surface area contributed by atoms with Crippen molar-refractivity contribution in [2.24, 2.45) is 5.11 Å². The fraction of sp³-hybridized carbons (Fsp3) is 0.111. The molecular formula is C9H7N3S. The lowest BCUT2D eigenvalue weighted by atomic mass is 10.4. The highest BCUT2D eigenvalue weighted by Crippen LogP contribution is 2.14. The van der Waals surface area contributed by atoms with Gasteiger partial charge in [-0.25, -0.2) is 0 Å².